The minimum atomic E-state index is -0.812. The number of benzene rings is 2. The van der Waals surface area contributed by atoms with Crippen molar-refractivity contribution in [1.82, 2.24) is 14.8 Å². The summed E-state index contributed by atoms with van der Waals surface area (Å²) in [4.78, 5) is 61.5. The predicted molar refractivity (Wildman–Crippen MR) is 203 cm³/mol. The number of likely N-dealkylation sites (tertiary alicyclic amines) is 1. The summed E-state index contributed by atoms with van der Waals surface area (Å²) in [7, 11) is 0. The number of anilines is 1. The molecule has 4 amide bonds. The third-order valence-corrected chi connectivity index (χ3v) is 8.51. The molecule has 4 rings (SSSR count). The lowest BCUT2D eigenvalue weighted by molar-refractivity contribution is -0.000318. The van der Waals surface area contributed by atoms with E-state index in [4.69, 9.17) is 14.2 Å². The predicted octanol–water partition coefficient (Wildman–Crippen LogP) is 9.62. The zero-order valence-corrected chi connectivity index (χ0v) is 33.6. The molecule has 0 saturated carbocycles. The maximum atomic E-state index is 14.9. The molecule has 2 aromatic carbocycles. The first-order chi connectivity index (χ1) is 24.6. The molecule has 53 heavy (non-hydrogen) atoms. The molecule has 286 valence electrons. The van der Waals surface area contributed by atoms with Gasteiger partial charge in [-0.3, -0.25) is 14.7 Å². The minimum Gasteiger partial charge on any atom is -0.443 e. The Balaban J connectivity index is 1.48. The highest BCUT2D eigenvalue weighted by atomic mass is 79.9. The van der Waals surface area contributed by atoms with Crippen LogP contribution in [0.2, 0.25) is 0 Å². The van der Waals surface area contributed by atoms with Crippen LogP contribution in [0.5, 0.6) is 0 Å². The highest BCUT2D eigenvalue weighted by molar-refractivity contribution is 9.10. The fourth-order valence-corrected chi connectivity index (χ4v) is 5.99. The van der Waals surface area contributed by atoms with E-state index in [0.29, 0.717) is 36.1 Å². The summed E-state index contributed by atoms with van der Waals surface area (Å²) in [6.07, 6.45) is 1.97. The van der Waals surface area contributed by atoms with Gasteiger partial charge in [0.05, 0.1) is 30.5 Å². The van der Waals surface area contributed by atoms with Gasteiger partial charge in [0, 0.05) is 29.3 Å². The summed E-state index contributed by atoms with van der Waals surface area (Å²) in [6, 6.07) is 13.9. The molecule has 0 N–H and O–H groups in total. The Bertz CT molecular complexity index is 1780. The van der Waals surface area contributed by atoms with Gasteiger partial charge >= 0.3 is 18.3 Å². The van der Waals surface area contributed by atoms with Crippen molar-refractivity contribution in [2.45, 2.75) is 111 Å². The molecule has 11 nitrogen and oxygen atoms in total. The van der Waals surface area contributed by atoms with Crippen LogP contribution in [0.15, 0.2) is 65.4 Å². The van der Waals surface area contributed by atoms with Crippen LogP contribution in [-0.2, 0) is 27.3 Å². The summed E-state index contributed by atoms with van der Waals surface area (Å²) >= 11 is 3.26. The van der Waals surface area contributed by atoms with E-state index in [2.05, 4.69) is 20.9 Å². The summed E-state index contributed by atoms with van der Waals surface area (Å²) in [5.41, 5.74) is 0.191. The van der Waals surface area contributed by atoms with Gasteiger partial charge in [-0.1, -0.05) is 46.3 Å². The number of imide groups is 1. The summed E-state index contributed by atoms with van der Waals surface area (Å²) in [5.74, 6) is -0.607. The van der Waals surface area contributed by atoms with Crippen LogP contribution in [0.4, 0.5) is 24.5 Å². The molecule has 0 radical (unpaired) electrons. The SMILES string of the molecule is CC(C)(C)OC(=O)N(Cc1cccc(C2CCN(C(=O)c3cncc(N(Cc4ccc(Br)cc4F)C(=O)OC(C)(C)C)c3)CC2)c1)C(=O)OC(C)(C)C. The standard InChI is InChI=1S/C40H50BrFN4O7/c1-38(2,3)51-35(48)45(25-29-13-14-31(41)21-33(29)42)32-20-30(22-43-23-32)34(47)44-17-15-27(16-18-44)28-12-10-11-26(19-28)24-46(36(49)52-39(4,5)6)37(50)53-40(7,8)9/h10-14,19-23,27H,15-18,24-25H2,1-9H3. The largest absolute Gasteiger partial charge is 0.443 e. The number of aromatic nitrogens is 1. The van der Waals surface area contributed by atoms with Crippen LogP contribution < -0.4 is 4.90 Å². The van der Waals surface area contributed by atoms with Crippen molar-refractivity contribution >= 4 is 45.8 Å². The number of nitrogens with zero attached hydrogens (tertiary/aromatic N) is 4. The molecule has 1 fully saturated rings. The van der Waals surface area contributed by atoms with E-state index in [9.17, 15) is 23.6 Å². The lowest BCUT2D eigenvalue weighted by Gasteiger charge is -2.33. The summed E-state index contributed by atoms with van der Waals surface area (Å²) < 4.78 is 32.1. The number of carbonyl (C=O) groups is 4. The van der Waals surface area contributed by atoms with E-state index in [1.165, 1.54) is 23.4 Å². The van der Waals surface area contributed by atoms with Crippen LogP contribution in [0.3, 0.4) is 0 Å². The first-order valence-electron chi connectivity index (χ1n) is 17.6. The maximum absolute atomic E-state index is 14.9. The molecule has 0 unspecified atom stereocenters. The first kappa shape index (κ1) is 41.2. The second-order valence-corrected chi connectivity index (χ2v) is 17.0. The third-order valence-electron chi connectivity index (χ3n) is 8.01. The second kappa shape index (κ2) is 16.7. The Hall–Kier alpha value is -4.52. The Kier molecular flexibility index (Phi) is 13.0. The van der Waals surface area contributed by atoms with Crippen molar-refractivity contribution in [2.75, 3.05) is 18.0 Å². The molecule has 0 spiro atoms. The van der Waals surface area contributed by atoms with Crippen molar-refractivity contribution < 1.29 is 37.8 Å². The van der Waals surface area contributed by atoms with Crippen molar-refractivity contribution in [3.63, 3.8) is 0 Å². The van der Waals surface area contributed by atoms with Gasteiger partial charge in [0.25, 0.3) is 5.91 Å². The zero-order chi connectivity index (χ0) is 39.3. The molecule has 0 bridgehead atoms. The van der Waals surface area contributed by atoms with Gasteiger partial charge in [-0.25, -0.2) is 23.7 Å². The number of carbonyl (C=O) groups excluding carboxylic acids is 4. The molecule has 2 heterocycles. The lowest BCUT2D eigenvalue weighted by Crippen LogP contribution is -2.43. The van der Waals surface area contributed by atoms with Crippen molar-refractivity contribution in [3.05, 3.63) is 93.5 Å². The molecule has 13 heteroatoms. The van der Waals surface area contributed by atoms with E-state index in [0.717, 1.165) is 16.0 Å². The first-order valence-corrected chi connectivity index (χ1v) is 18.4. The highest BCUT2D eigenvalue weighted by Gasteiger charge is 2.32. The monoisotopic (exact) mass is 796 g/mol. The fourth-order valence-electron chi connectivity index (χ4n) is 5.66. The second-order valence-electron chi connectivity index (χ2n) is 16.1. The van der Waals surface area contributed by atoms with Gasteiger partial charge < -0.3 is 19.1 Å². The van der Waals surface area contributed by atoms with E-state index in [-0.39, 0.29) is 36.0 Å². The van der Waals surface area contributed by atoms with Crippen LogP contribution in [0, 0.1) is 5.82 Å². The van der Waals surface area contributed by atoms with Gasteiger partial charge in [-0.15, -0.1) is 0 Å². The molecule has 1 aliphatic rings. The van der Waals surface area contributed by atoms with Crippen LogP contribution in [0.25, 0.3) is 0 Å². The number of ether oxygens (including phenoxy) is 3. The fraction of sp³-hybridized carbons (Fsp3) is 0.475. The topological polar surface area (TPSA) is 119 Å². The average molecular weight is 798 g/mol. The molecular weight excluding hydrogens is 747 g/mol. The Morgan fingerprint density at radius 3 is 1.94 bits per heavy atom. The summed E-state index contributed by atoms with van der Waals surface area (Å²) in [6.45, 7) is 16.4. The molecule has 3 aromatic rings. The van der Waals surface area contributed by atoms with E-state index < -0.39 is 40.9 Å². The Labute approximate surface area is 319 Å². The minimum absolute atomic E-state index is 0.0346. The molecule has 0 atom stereocenters. The molecule has 1 aliphatic heterocycles. The number of rotatable bonds is 7. The normalized spacial score (nSPS) is 14.0. The number of hydrogen-bond donors (Lipinski definition) is 0. The van der Waals surface area contributed by atoms with Crippen molar-refractivity contribution in [2.24, 2.45) is 0 Å². The molecule has 0 aliphatic carbocycles. The Morgan fingerprint density at radius 1 is 0.792 bits per heavy atom. The number of pyridine rings is 1. The smallest absolute Gasteiger partial charge is 0.420 e. The number of piperidine rings is 1. The van der Waals surface area contributed by atoms with Crippen molar-refractivity contribution in [1.29, 1.82) is 0 Å². The molecule has 1 aromatic heterocycles. The molecular formula is C40H50BrFN4O7. The van der Waals surface area contributed by atoms with E-state index in [1.807, 2.05) is 24.3 Å². The van der Waals surface area contributed by atoms with E-state index >= 15 is 0 Å². The number of hydrogen-bond acceptors (Lipinski definition) is 8. The van der Waals surface area contributed by atoms with Crippen LogP contribution in [-0.4, -0.2) is 68.9 Å². The third kappa shape index (κ3) is 12.3. The van der Waals surface area contributed by atoms with Crippen LogP contribution in [0.1, 0.15) is 108 Å². The zero-order valence-electron chi connectivity index (χ0n) is 32.0. The highest BCUT2D eigenvalue weighted by Crippen LogP contribution is 2.31. The lowest BCUT2D eigenvalue weighted by atomic mass is 9.88. The van der Waals surface area contributed by atoms with Crippen molar-refractivity contribution in [3.8, 4) is 0 Å². The van der Waals surface area contributed by atoms with Gasteiger partial charge in [-0.2, -0.15) is 0 Å². The van der Waals surface area contributed by atoms with Gasteiger partial charge in [0.15, 0.2) is 0 Å². The number of halogens is 2. The maximum Gasteiger partial charge on any atom is 0.420 e. The van der Waals surface area contributed by atoms with Gasteiger partial charge in [0.1, 0.15) is 22.6 Å². The van der Waals surface area contributed by atoms with Gasteiger partial charge in [0.2, 0.25) is 0 Å². The Morgan fingerprint density at radius 2 is 1.38 bits per heavy atom. The van der Waals surface area contributed by atoms with Gasteiger partial charge in [-0.05, 0) is 110 Å². The quantitative estimate of drug-likeness (QED) is 0.217. The molecule has 1 saturated heterocycles. The van der Waals surface area contributed by atoms with E-state index in [1.54, 1.807) is 85.4 Å². The van der Waals surface area contributed by atoms with Crippen LogP contribution >= 0.6 is 15.9 Å². The summed E-state index contributed by atoms with van der Waals surface area (Å²) in [5, 5.41) is 0. The average Bonchev–Trinajstić information content (AvgIpc) is 3.04. The number of amides is 4.